The minimum atomic E-state index is -0.518. The van der Waals surface area contributed by atoms with Gasteiger partial charge in [0.05, 0.1) is 18.2 Å². The molecule has 0 bridgehead atoms. The Hall–Kier alpha value is -2.49. The Morgan fingerprint density at radius 3 is 2.75 bits per heavy atom. The van der Waals surface area contributed by atoms with Crippen molar-refractivity contribution in [2.24, 2.45) is 0 Å². The van der Waals surface area contributed by atoms with Crippen molar-refractivity contribution in [2.75, 3.05) is 12.4 Å². The number of carbonyl (C=O) groups is 1. The first-order chi connectivity index (χ1) is 13.4. The lowest BCUT2D eigenvalue weighted by Gasteiger charge is -2.17. The average molecular weight is 464 g/mol. The van der Waals surface area contributed by atoms with Crippen molar-refractivity contribution in [2.45, 2.75) is 26.4 Å². The summed E-state index contributed by atoms with van der Waals surface area (Å²) in [6.07, 6.45) is 2.24. The average Bonchev–Trinajstić information content (AvgIpc) is 2.67. The fourth-order valence-electron chi connectivity index (χ4n) is 2.30. The van der Waals surface area contributed by atoms with Crippen LogP contribution in [0.15, 0.2) is 46.4 Å². The molecule has 0 aliphatic rings. The zero-order valence-corrected chi connectivity index (χ0v) is 18.1. The lowest BCUT2D eigenvalue weighted by molar-refractivity contribution is -0.112. The van der Waals surface area contributed by atoms with Crippen molar-refractivity contribution in [1.29, 1.82) is 5.26 Å². The molecule has 1 atom stereocenters. The Morgan fingerprint density at radius 1 is 1.39 bits per heavy atom. The standard InChI is InChI=1S/C21H20BrClN2O3/c1-4-13(2)28-20-18(23)9-14(10-19(20)27-3)8-15(12-24)21(26)25-17-7-5-6-16(22)11-17/h5-11,13H,4H2,1-3H3,(H,25,26)/b15-8-/t13-/m0/s1. The Morgan fingerprint density at radius 2 is 2.14 bits per heavy atom. The number of carbonyl (C=O) groups excluding carboxylic acids is 1. The molecule has 2 rings (SSSR count). The van der Waals surface area contributed by atoms with Gasteiger partial charge in [-0.1, -0.05) is 40.5 Å². The largest absolute Gasteiger partial charge is 0.493 e. The summed E-state index contributed by atoms with van der Waals surface area (Å²) in [6, 6.07) is 12.3. The third kappa shape index (κ3) is 5.75. The van der Waals surface area contributed by atoms with Crippen molar-refractivity contribution in [1.82, 2.24) is 0 Å². The normalized spacial score (nSPS) is 12.1. The van der Waals surface area contributed by atoms with E-state index in [9.17, 15) is 10.1 Å². The second-order valence-corrected chi connectivity index (χ2v) is 7.33. The minimum absolute atomic E-state index is 0.0292. The first kappa shape index (κ1) is 21.8. The predicted molar refractivity (Wildman–Crippen MR) is 115 cm³/mol. The molecule has 5 nitrogen and oxygen atoms in total. The molecule has 0 aliphatic carbocycles. The quantitative estimate of drug-likeness (QED) is 0.414. The number of halogens is 2. The van der Waals surface area contributed by atoms with E-state index >= 15 is 0 Å². The lowest BCUT2D eigenvalue weighted by atomic mass is 10.1. The number of methoxy groups -OCH3 is 1. The van der Waals surface area contributed by atoms with E-state index < -0.39 is 5.91 Å². The molecule has 1 N–H and O–H groups in total. The summed E-state index contributed by atoms with van der Waals surface area (Å²) in [5.74, 6) is 0.354. The van der Waals surface area contributed by atoms with Crippen LogP contribution in [0, 0.1) is 11.3 Å². The summed E-state index contributed by atoms with van der Waals surface area (Å²) in [5.41, 5.74) is 1.07. The molecular weight excluding hydrogens is 444 g/mol. The van der Waals surface area contributed by atoms with Crippen molar-refractivity contribution >= 4 is 45.2 Å². The van der Waals surface area contributed by atoms with Crippen LogP contribution in [0.3, 0.4) is 0 Å². The monoisotopic (exact) mass is 462 g/mol. The van der Waals surface area contributed by atoms with Crippen molar-refractivity contribution < 1.29 is 14.3 Å². The smallest absolute Gasteiger partial charge is 0.266 e. The molecule has 0 unspecified atom stereocenters. The van der Waals surface area contributed by atoms with Crippen LogP contribution in [0.1, 0.15) is 25.8 Å². The highest BCUT2D eigenvalue weighted by molar-refractivity contribution is 9.10. The molecule has 0 saturated heterocycles. The molecule has 2 aromatic carbocycles. The van der Waals surface area contributed by atoms with Crippen molar-refractivity contribution in [3.8, 4) is 17.6 Å². The molecule has 7 heteroatoms. The molecule has 146 valence electrons. The second kappa shape index (κ2) is 10.2. The van der Waals surface area contributed by atoms with E-state index in [0.717, 1.165) is 10.9 Å². The zero-order valence-electron chi connectivity index (χ0n) is 15.8. The van der Waals surface area contributed by atoms with Crippen LogP contribution in [0.2, 0.25) is 5.02 Å². The highest BCUT2D eigenvalue weighted by Gasteiger charge is 2.16. The van der Waals surface area contributed by atoms with Gasteiger partial charge in [0, 0.05) is 10.2 Å². The first-order valence-corrected chi connectivity index (χ1v) is 9.77. The highest BCUT2D eigenvalue weighted by atomic mass is 79.9. The number of benzene rings is 2. The van der Waals surface area contributed by atoms with Gasteiger partial charge in [0.15, 0.2) is 11.5 Å². The SMILES string of the molecule is CC[C@H](C)Oc1c(Cl)cc(/C=C(/C#N)C(=O)Nc2cccc(Br)c2)cc1OC. The molecule has 0 spiro atoms. The molecule has 0 radical (unpaired) electrons. The van der Waals surface area contributed by atoms with Gasteiger partial charge in [-0.25, -0.2) is 0 Å². The predicted octanol–water partition coefficient (Wildman–Crippen LogP) is 5.83. The molecule has 0 fully saturated rings. The highest BCUT2D eigenvalue weighted by Crippen LogP contribution is 2.38. The van der Waals surface area contributed by atoms with Crippen LogP contribution < -0.4 is 14.8 Å². The third-order valence-electron chi connectivity index (χ3n) is 3.90. The van der Waals surface area contributed by atoms with Gasteiger partial charge in [-0.2, -0.15) is 5.26 Å². The Balaban J connectivity index is 2.31. The first-order valence-electron chi connectivity index (χ1n) is 8.60. The van der Waals surface area contributed by atoms with Gasteiger partial charge in [-0.05, 0) is 55.3 Å². The summed E-state index contributed by atoms with van der Waals surface area (Å²) < 4.78 is 12.0. The molecule has 0 heterocycles. The molecule has 0 aliphatic heterocycles. The van der Waals surface area contributed by atoms with Gasteiger partial charge in [0.1, 0.15) is 11.6 Å². The van der Waals surface area contributed by atoms with E-state index in [0.29, 0.717) is 27.8 Å². The fraction of sp³-hybridized carbons (Fsp3) is 0.238. The number of anilines is 1. The van der Waals surface area contributed by atoms with E-state index in [1.54, 1.807) is 30.3 Å². The van der Waals surface area contributed by atoms with Crippen LogP contribution in [0.4, 0.5) is 5.69 Å². The zero-order chi connectivity index (χ0) is 20.7. The van der Waals surface area contributed by atoms with E-state index in [2.05, 4.69) is 21.2 Å². The van der Waals surface area contributed by atoms with E-state index in [4.69, 9.17) is 21.1 Å². The number of hydrogen-bond donors (Lipinski definition) is 1. The summed E-state index contributed by atoms with van der Waals surface area (Å²) in [5, 5.41) is 12.5. The summed E-state index contributed by atoms with van der Waals surface area (Å²) in [7, 11) is 1.51. The van der Waals surface area contributed by atoms with Crippen LogP contribution in [0.25, 0.3) is 6.08 Å². The summed E-state index contributed by atoms with van der Waals surface area (Å²) in [4.78, 5) is 12.4. The van der Waals surface area contributed by atoms with Gasteiger partial charge in [-0.15, -0.1) is 0 Å². The molecule has 0 aromatic heterocycles. The van der Waals surface area contributed by atoms with E-state index in [1.807, 2.05) is 26.0 Å². The van der Waals surface area contributed by atoms with E-state index in [-0.39, 0.29) is 11.7 Å². The summed E-state index contributed by atoms with van der Waals surface area (Å²) in [6.45, 7) is 3.94. The van der Waals surface area contributed by atoms with Crippen molar-refractivity contribution in [3.05, 3.63) is 57.0 Å². The van der Waals surface area contributed by atoms with Crippen LogP contribution in [-0.4, -0.2) is 19.1 Å². The lowest BCUT2D eigenvalue weighted by Crippen LogP contribution is -2.13. The number of nitrogens with one attached hydrogen (secondary N) is 1. The molecule has 1 amide bonds. The van der Waals surface area contributed by atoms with Crippen molar-refractivity contribution in [3.63, 3.8) is 0 Å². The minimum Gasteiger partial charge on any atom is -0.493 e. The number of nitrogens with zero attached hydrogens (tertiary/aromatic N) is 1. The summed E-state index contributed by atoms with van der Waals surface area (Å²) >= 11 is 9.69. The fourth-order valence-corrected chi connectivity index (χ4v) is 2.96. The number of ether oxygens (including phenoxy) is 2. The van der Waals surface area contributed by atoms with Crippen LogP contribution >= 0.6 is 27.5 Å². The Labute approximate surface area is 178 Å². The third-order valence-corrected chi connectivity index (χ3v) is 4.68. The Kier molecular flexibility index (Phi) is 7.91. The van der Waals surface area contributed by atoms with Crippen LogP contribution in [-0.2, 0) is 4.79 Å². The van der Waals surface area contributed by atoms with Gasteiger partial charge >= 0.3 is 0 Å². The van der Waals surface area contributed by atoms with E-state index in [1.165, 1.54) is 13.2 Å². The number of amides is 1. The second-order valence-electron chi connectivity index (χ2n) is 6.01. The molecule has 0 saturated carbocycles. The van der Waals surface area contributed by atoms with Gasteiger partial charge in [0.25, 0.3) is 5.91 Å². The van der Waals surface area contributed by atoms with Gasteiger partial charge in [0.2, 0.25) is 0 Å². The Bertz CT molecular complexity index is 938. The topological polar surface area (TPSA) is 71.3 Å². The maximum atomic E-state index is 12.4. The van der Waals surface area contributed by atoms with Gasteiger partial charge in [-0.3, -0.25) is 4.79 Å². The van der Waals surface area contributed by atoms with Gasteiger partial charge < -0.3 is 14.8 Å². The van der Waals surface area contributed by atoms with Crippen LogP contribution in [0.5, 0.6) is 11.5 Å². The number of rotatable bonds is 7. The maximum Gasteiger partial charge on any atom is 0.266 e. The number of hydrogen-bond acceptors (Lipinski definition) is 4. The number of nitriles is 1. The molecular formula is C21H20BrClN2O3. The molecule has 2 aromatic rings. The molecule has 28 heavy (non-hydrogen) atoms. The maximum absolute atomic E-state index is 12.4.